The van der Waals surface area contributed by atoms with Crippen LogP contribution in [0.5, 0.6) is 5.75 Å². The van der Waals surface area contributed by atoms with Crippen molar-refractivity contribution in [1.82, 2.24) is 14.8 Å². The second-order valence-corrected chi connectivity index (χ2v) is 10.0. The predicted molar refractivity (Wildman–Crippen MR) is 147 cm³/mol. The molecule has 3 aromatic rings. The first-order valence-corrected chi connectivity index (χ1v) is 13.7. The number of anilines is 2. The minimum atomic E-state index is -0.414. The fourth-order valence-corrected chi connectivity index (χ4v) is 4.86. The summed E-state index contributed by atoms with van der Waals surface area (Å²) in [7, 11) is 0. The van der Waals surface area contributed by atoms with Gasteiger partial charge in [-0.2, -0.15) is 4.98 Å². The van der Waals surface area contributed by atoms with Gasteiger partial charge in [0, 0.05) is 17.1 Å². The number of thioether (sulfide) groups is 1. The number of benzene rings is 2. The lowest BCUT2D eigenvalue weighted by Gasteiger charge is -2.29. The average Bonchev–Trinajstić information content (AvgIpc) is 3.28. The maximum Gasteiger partial charge on any atom is 0.255 e. The summed E-state index contributed by atoms with van der Waals surface area (Å²) < 4.78 is 7.74. The Hall–Kier alpha value is -3.26. The number of para-hydroxylation sites is 1. The Kier molecular flexibility index (Phi) is 8.70. The number of carbonyl (C=O) groups excluding carboxylic acids is 1. The van der Waals surface area contributed by atoms with Gasteiger partial charge in [0.25, 0.3) is 5.91 Å². The molecule has 7 nitrogen and oxygen atoms in total. The highest BCUT2D eigenvalue weighted by atomic mass is 32.2. The summed E-state index contributed by atoms with van der Waals surface area (Å²) in [4.78, 5) is 18.4. The number of nitrogens with zero attached hydrogens (tertiary/aromatic N) is 3. The number of ether oxygens (including phenoxy) is 1. The summed E-state index contributed by atoms with van der Waals surface area (Å²) >= 11 is 1.62. The number of allylic oxidation sites excluding steroid dienone is 1. The molecule has 1 atom stereocenters. The number of carbonyl (C=O) groups is 1. The van der Waals surface area contributed by atoms with Gasteiger partial charge in [-0.05, 0) is 56.0 Å². The Labute approximate surface area is 217 Å². The zero-order valence-corrected chi connectivity index (χ0v) is 22.3. The van der Waals surface area contributed by atoms with Crippen LogP contribution < -0.4 is 15.4 Å². The lowest BCUT2D eigenvalue weighted by molar-refractivity contribution is -0.113. The number of nitrogens with one attached hydrogen (secondary N) is 2. The lowest BCUT2D eigenvalue weighted by Crippen LogP contribution is -2.31. The summed E-state index contributed by atoms with van der Waals surface area (Å²) in [5.41, 5.74) is 4.12. The van der Waals surface area contributed by atoms with Gasteiger partial charge in [0.2, 0.25) is 11.1 Å². The zero-order valence-electron chi connectivity index (χ0n) is 21.5. The monoisotopic (exact) mass is 505 g/mol. The van der Waals surface area contributed by atoms with E-state index in [1.807, 2.05) is 67.1 Å². The van der Waals surface area contributed by atoms with Gasteiger partial charge < -0.3 is 15.4 Å². The van der Waals surface area contributed by atoms with E-state index in [1.165, 1.54) is 0 Å². The number of hydrogen-bond acceptors (Lipinski definition) is 6. The van der Waals surface area contributed by atoms with E-state index in [9.17, 15) is 4.79 Å². The molecule has 0 spiro atoms. The van der Waals surface area contributed by atoms with Gasteiger partial charge in [-0.15, -0.1) is 5.10 Å². The van der Waals surface area contributed by atoms with Gasteiger partial charge in [-0.1, -0.05) is 68.8 Å². The summed E-state index contributed by atoms with van der Waals surface area (Å²) in [5, 5.41) is 11.9. The van der Waals surface area contributed by atoms with Crippen molar-refractivity contribution in [2.24, 2.45) is 0 Å². The molecule has 8 heteroatoms. The smallest absolute Gasteiger partial charge is 0.255 e. The standard InChI is InChI=1S/C28H35N5O2S/c1-5-7-10-17-35-22-15-13-21(14-16-22)25-24(26(34)30-23-12-9-8-11-19(23)3)20(4)29-27-31-28(32-33(25)27)36-18-6-2/h8-9,11-16,25H,5-7,10,17-18H2,1-4H3,(H,30,34)(H,29,31,32). The van der Waals surface area contributed by atoms with Crippen molar-refractivity contribution in [3.8, 4) is 5.75 Å². The Morgan fingerprint density at radius 3 is 2.58 bits per heavy atom. The number of unbranched alkanes of at least 4 members (excludes halogenated alkanes) is 2. The first kappa shape index (κ1) is 25.8. The minimum absolute atomic E-state index is 0.164. The van der Waals surface area contributed by atoms with E-state index >= 15 is 0 Å². The predicted octanol–water partition coefficient (Wildman–Crippen LogP) is 6.59. The van der Waals surface area contributed by atoms with Crippen molar-refractivity contribution >= 4 is 29.3 Å². The summed E-state index contributed by atoms with van der Waals surface area (Å²) in [6.07, 6.45) is 4.39. The third-order valence-electron chi connectivity index (χ3n) is 6.12. The van der Waals surface area contributed by atoms with Gasteiger partial charge in [0.1, 0.15) is 11.8 Å². The fourth-order valence-electron chi connectivity index (χ4n) is 4.18. The van der Waals surface area contributed by atoms with E-state index in [0.717, 1.165) is 59.7 Å². The van der Waals surface area contributed by atoms with Crippen molar-refractivity contribution in [3.63, 3.8) is 0 Å². The van der Waals surface area contributed by atoms with Crippen molar-refractivity contribution in [1.29, 1.82) is 0 Å². The molecule has 1 aliphatic rings. The van der Waals surface area contributed by atoms with Crippen LogP contribution >= 0.6 is 11.8 Å². The third-order valence-corrected chi connectivity index (χ3v) is 7.16. The number of aryl methyl sites for hydroxylation is 1. The molecular weight excluding hydrogens is 470 g/mol. The van der Waals surface area contributed by atoms with Crippen molar-refractivity contribution < 1.29 is 9.53 Å². The number of rotatable bonds is 11. The zero-order chi connectivity index (χ0) is 25.5. The molecule has 0 aliphatic carbocycles. The van der Waals surface area contributed by atoms with E-state index in [4.69, 9.17) is 14.8 Å². The molecule has 36 heavy (non-hydrogen) atoms. The molecule has 1 aromatic heterocycles. The first-order valence-electron chi connectivity index (χ1n) is 12.7. The van der Waals surface area contributed by atoms with Gasteiger partial charge in [0.05, 0.1) is 12.2 Å². The maximum atomic E-state index is 13.7. The number of aromatic nitrogens is 3. The fraction of sp³-hybridized carbons (Fsp3) is 0.393. The number of amides is 1. The molecule has 1 amide bonds. The number of hydrogen-bond donors (Lipinski definition) is 2. The van der Waals surface area contributed by atoms with Crippen LogP contribution in [-0.2, 0) is 4.79 Å². The molecule has 0 saturated heterocycles. The molecule has 0 bridgehead atoms. The highest BCUT2D eigenvalue weighted by Crippen LogP contribution is 2.37. The number of fused-ring (bicyclic) bond motifs is 1. The Balaban J connectivity index is 1.67. The molecule has 4 rings (SSSR count). The minimum Gasteiger partial charge on any atom is -0.494 e. The Morgan fingerprint density at radius 1 is 1.08 bits per heavy atom. The van der Waals surface area contributed by atoms with Gasteiger partial charge >= 0.3 is 0 Å². The van der Waals surface area contributed by atoms with Crippen LogP contribution in [0.1, 0.15) is 63.6 Å². The summed E-state index contributed by atoms with van der Waals surface area (Å²) in [6.45, 7) is 8.92. The molecule has 0 fully saturated rings. The lowest BCUT2D eigenvalue weighted by atomic mass is 9.95. The van der Waals surface area contributed by atoms with Crippen LogP contribution in [0.2, 0.25) is 0 Å². The molecular formula is C28H35N5O2S. The van der Waals surface area contributed by atoms with Crippen LogP contribution in [0.25, 0.3) is 0 Å². The van der Waals surface area contributed by atoms with Crippen molar-refractivity contribution in [3.05, 3.63) is 70.9 Å². The van der Waals surface area contributed by atoms with Crippen molar-refractivity contribution in [2.45, 2.75) is 64.6 Å². The average molecular weight is 506 g/mol. The largest absolute Gasteiger partial charge is 0.494 e. The van der Waals surface area contributed by atoms with Gasteiger partial charge in [-0.3, -0.25) is 4.79 Å². The molecule has 0 radical (unpaired) electrons. The molecule has 0 saturated carbocycles. The van der Waals surface area contributed by atoms with E-state index in [2.05, 4.69) is 24.5 Å². The Morgan fingerprint density at radius 2 is 1.86 bits per heavy atom. The molecule has 1 aliphatic heterocycles. The summed E-state index contributed by atoms with van der Waals surface area (Å²) in [6, 6.07) is 15.4. The summed E-state index contributed by atoms with van der Waals surface area (Å²) in [5.74, 6) is 2.24. The highest BCUT2D eigenvalue weighted by Gasteiger charge is 2.34. The quantitative estimate of drug-likeness (QED) is 0.226. The van der Waals surface area contributed by atoms with Gasteiger partial charge in [0.15, 0.2) is 0 Å². The normalized spacial score (nSPS) is 14.8. The van der Waals surface area contributed by atoms with E-state index in [-0.39, 0.29) is 5.91 Å². The van der Waals surface area contributed by atoms with Crippen LogP contribution in [0.4, 0.5) is 11.6 Å². The van der Waals surface area contributed by atoms with Crippen molar-refractivity contribution in [2.75, 3.05) is 23.0 Å². The van der Waals surface area contributed by atoms with Crippen LogP contribution in [-0.4, -0.2) is 33.0 Å². The SMILES string of the molecule is CCCCCOc1ccc(C2C(C(=O)Nc3ccccc3C)=C(C)Nc3nc(SCCC)nn32)cc1. The molecule has 2 N–H and O–H groups in total. The highest BCUT2D eigenvalue weighted by molar-refractivity contribution is 7.99. The van der Waals surface area contributed by atoms with E-state index < -0.39 is 6.04 Å². The second kappa shape index (κ2) is 12.1. The van der Waals surface area contributed by atoms with Crippen LogP contribution in [0, 0.1) is 6.92 Å². The van der Waals surface area contributed by atoms with E-state index in [0.29, 0.717) is 23.3 Å². The molecule has 190 valence electrons. The Bertz CT molecular complexity index is 1220. The third kappa shape index (κ3) is 5.93. The second-order valence-electron chi connectivity index (χ2n) is 8.97. The maximum absolute atomic E-state index is 13.7. The topological polar surface area (TPSA) is 81.1 Å². The van der Waals surface area contributed by atoms with Crippen LogP contribution in [0.3, 0.4) is 0 Å². The molecule has 1 unspecified atom stereocenters. The molecule has 2 aromatic carbocycles. The first-order chi connectivity index (χ1) is 17.5. The van der Waals surface area contributed by atoms with Gasteiger partial charge in [-0.25, -0.2) is 4.68 Å². The van der Waals surface area contributed by atoms with E-state index in [1.54, 1.807) is 11.8 Å². The van der Waals surface area contributed by atoms with Crippen LogP contribution in [0.15, 0.2) is 65.0 Å². The molecule has 2 heterocycles.